The van der Waals surface area contributed by atoms with Crippen molar-refractivity contribution in [1.29, 1.82) is 0 Å². The summed E-state index contributed by atoms with van der Waals surface area (Å²) in [4.78, 5) is 12.1. The Hall–Kier alpha value is -3.16. The maximum absolute atomic E-state index is 12.1. The van der Waals surface area contributed by atoms with Gasteiger partial charge in [0.15, 0.2) is 11.5 Å². The highest BCUT2D eigenvalue weighted by Crippen LogP contribution is 2.34. The van der Waals surface area contributed by atoms with Crippen LogP contribution in [0.15, 0.2) is 47.6 Å². The van der Waals surface area contributed by atoms with E-state index in [-0.39, 0.29) is 19.2 Å². The minimum atomic E-state index is -0.271. The summed E-state index contributed by atoms with van der Waals surface area (Å²) in [6.07, 6.45) is 1.62. The molecule has 7 nitrogen and oxygen atoms in total. The van der Waals surface area contributed by atoms with Crippen molar-refractivity contribution in [2.75, 3.05) is 18.7 Å². The summed E-state index contributed by atoms with van der Waals surface area (Å²) in [5.74, 6) is 1.08. The van der Waals surface area contributed by atoms with Crippen molar-refractivity contribution in [1.82, 2.24) is 9.99 Å². The van der Waals surface area contributed by atoms with Crippen LogP contribution in [-0.4, -0.2) is 30.0 Å². The molecule has 0 unspecified atom stereocenters. The molecule has 0 spiro atoms. The number of nitrogens with zero attached hydrogens (tertiary/aromatic N) is 2. The summed E-state index contributed by atoms with van der Waals surface area (Å²) >= 11 is 12.2. The second-order valence-corrected chi connectivity index (χ2v) is 7.79. The third-order valence-corrected chi connectivity index (χ3v) is 5.59. The summed E-state index contributed by atoms with van der Waals surface area (Å²) in [5, 5.41) is 8.11. The zero-order chi connectivity index (χ0) is 22.0. The van der Waals surface area contributed by atoms with E-state index in [0.29, 0.717) is 21.5 Å². The summed E-state index contributed by atoms with van der Waals surface area (Å²) in [6, 6.07) is 12.9. The fourth-order valence-corrected chi connectivity index (χ4v) is 3.63. The van der Waals surface area contributed by atoms with E-state index < -0.39 is 0 Å². The predicted molar refractivity (Wildman–Crippen MR) is 122 cm³/mol. The zero-order valence-corrected chi connectivity index (χ0v) is 18.4. The normalized spacial score (nSPS) is 12.4. The van der Waals surface area contributed by atoms with Gasteiger partial charge in [-0.25, -0.2) is 5.43 Å². The summed E-state index contributed by atoms with van der Waals surface area (Å²) < 4.78 is 12.6. The van der Waals surface area contributed by atoms with E-state index in [9.17, 15) is 4.79 Å². The molecule has 1 amide bonds. The first-order valence-corrected chi connectivity index (χ1v) is 10.3. The molecule has 0 fully saturated rings. The fourth-order valence-electron chi connectivity index (χ4n) is 3.34. The van der Waals surface area contributed by atoms with Crippen LogP contribution in [-0.2, 0) is 4.79 Å². The fraction of sp³-hybridized carbons (Fsp3) is 0.182. The number of anilines is 1. The molecule has 1 aliphatic rings. The number of carbonyl (C=O) groups excluding carboxylic acids is 1. The van der Waals surface area contributed by atoms with Crippen LogP contribution in [0.5, 0.6) is 11.5 Å². The number of nitrogens with one attached hydrogen (secondary N) is 2. The number of carbonyl (C=O) groups is 1. The number of hydrazone groups is 1. The van der Waals surface area contributed by atoms with Gasteiger partial charge < -0.3 is 19.4 Å². The molecule has 4 rings (SSSR count). The lowest BCUT2D eigenvalue weighted by Gasteiger charge is -2.10. The van der Waals surface area contributed by atoms with Crippen molar-refractivity contribution in [3.8, 4) is 17.2 Å². The summed E-state index contributed by atoms with van der Waals surface area (Å²) in [7, 11) is 0. The van der Waals surface area contributed by atoms with Gasteiger partial charge >= 0.3 is 0 Å². The molecule has 2 aromatic carbocycles. The Morgan fingerprint density at radius 1 is 1.10 bits per heavy atom. The standard InChI is InChI=1S/C22H20Cl2N4O3/c1-13-7-15(14(2)28(13)17-4-5-18(23)19(24)9-17)10-26-27-22(29)11-25-16-3-6-20-21(8-16)31-12-30-20/h3-10,25H,11-12H2,1-2H3,(H,27,29)/b26-10-. The Labute approximate surface area is 189 Å². The van der Waals surface area contributed by atoms with Crippen LogP contribution in [0.2, 0.25) is 10.0 Å². The third-order valence-electron chi connectivity index (χ3n) is 4.85. The number of ether oxygens (including phenoxy) is 2. The van der Waals surface area contributed by atoms with E-state index in [1.165, 1.54) is 0 Å². The van der Waals surface area contributed by atoms with Crippen LogP contribution in [0, 0.1) is 13.8 Å². The Morgan fingerprint density at radius 2 is 1.90 bits per heavy atom. The van der Waals surface area contributed by atoms with Gasteiger partial charge in [-0.05, 0) is 50.2 Å². The van der Waals surface area contributed by atoms with E-state index in [1.54, 1.807) is 24.4 Å². The van der Waals surface area contributed by atoms with Gasteiger partial charge in [-0.15, -0.1) is 0 Å². The first-order chi connectivity index (χ1) is 14.9. The number of benzene rings is 2. The molecule has 0 radical (unpaired) electrons. The molecular formula is C22H20Cl2N4O3. The van der Waals surface area contributed by atoms with Gasteiger partial charge in [0.2, 0.25) is 6.79 Å². The van der Waals surface area contributed by atoms with Crippen molar-refractivity contribution in [3.63, 3.8) is 0 Å². The minimum absolute atomic E-state index is 0.0687. The molecular weight excluding hydrogens is 439 g/mol. The molecule has 31 heavy (non-hydrogen) atoms. The molecule has 0 atom stereocenters. The average molecular weight is 459 g/mol. The first-order valence-electron chi connectivity index (χ1n) is 9.52. The molecule has 0 aliphatic carbocycles. The maximum Gasteiger partial charge on any atom is 0.259 e. The van der Waals surface area contributed by atoms with Gasteiger partial charge in [0, 0.05) is 34.4 Å². The molecule has 2 N–H and O–H groups in total. The number of aryl methyl sites for hydroxylation is 1. The van der Waals surface area contributed by atoms with Crippen molar-refractivity contribution >= 4 is 41.0 Å². The van der Waals surface area contributed by atoms with E-state index in [4.69, 9.17) is 32.7 Å². The SMILES string of the molecule is Cc1cc(/C=N\NC(=O)CNc2ccc3c(c2)OCO3)c(C)n1-c1ccc(Cl)c(Cl)c1. The highest BCUT2D eigenvalue weighted by Gasteiger charge is 2.14. The maximum atomic E-state index is 12.1. The number of hydrogen-bond acceptors (Lipinski definition) is 5. The van der Waals surface area contributed by atoms with Crippen molar-refractivity contribution in [2.24, 2.45) is 5.10 Å². The molecule has 0 bridgehead atoms. The van der Waals surface area contributed by atoms with Crippen molar-refractivity contribution in [2.45, 2.75) is 13.8 Å². The molecule has 3 aromatic rings. The largest absolute Gasteiger partial charge is 0.454 e. The molecule has 1 aliphatic heterocycles. The molecule has 1 aromatic heterocycles. The highest BCUT2D eigenvalue weighted by molar-refractivity contribution is 6.42. The first kappa shape index (κ1) is 21.1. The van der Waals surface area contributed by atoms with Gasteiger partial charge in [-0.3, -0.25) is 4.79 Å². The van der Waals surface area contributed by atoms with E-state index in [0.717, 1.165) is 28.3 Å². The van der Waals surface area contributed by atoms with Crippen molar-refractivity contribution in [3.05, 3.63) is 69.5 Å². The van der Waals surface area contributed by atoms with Crippen LogP contribution in [0.4, 0.5) is 5.69 Å². The number of fused-ring (bicyclic) bond motifs is 1. The average Bonchev–Trinajstić information content (AvgIpc) is 3.32. The van der Waals surface area contributed by atoms with E-state index in [2.05, 4.69) is 15.8 Å². The Kier molecular flexibility index (Phi) is 6.06. The lowest BCUT2D eigenvalue weighted by atomic mass is 10.2. The van der Waals surface area contributed by atoms with Gasteiger partial charge in [0.1, 0.15) is 0 Å². The number of aromatic nitrogens is 1. The van der Waals surface area contributed by atoms with Crippen LogP contribution in [0.1, 0.15) is 17.0 Å². The van der Waals surface area contributed by atoms with Crippen molar-refractivity contribution < 1.29 is 14.3 Å². The Bertz CT molecular complexity index is 1170. The lowest BCUT2D eigenvalue weighted by molar-refractivity contribution is -0.119. The molecule has 0 saturated heterocycles. The van der Waals surface area contributed by atoms with Crippen LogP contribution < -0.4 is 20.2 Å². The number of halogens is 2. The van der Waals surface area contributed by atoms with E-state index >= 15 is 0 Å². The number of amides is 1. The van der Waals surface area contributed by atoms with Gasteiger partial charge in [0.25, 0.3) is 5.91 Å². The third kappa shape index (κ3) is 4.62. The number of hydrogen-bond donors (Lipinski definition) is 2. The number of rotatable bonds is 6. The minimum Gasteiger partial charge on any atom is -0.454 e. The van der Waals surface area contributed by atoms with Gasteiger partial charge in [0.05, 0.1) is 22.8 Å². The molecule has 2 heterocycles. The topological polar surface area (TPSA) is 76.9 Å². The summed E-state index contributed by atoms with van der Waals surface area (Å²) in [6.45, 7) is 4.24. The van der Waals surface area contributed by atoms with Crippen LogP contribution >= 0.6 is 23.2 Å². The van der Waals surface area contributed by atoms with Gasteiger partial charge in [-0.1, -0.05) is 23.2 Å². The molecule has 160 valence electrons. The lowest BCUT2D eigenvalue weighted by Crippen LogP contribution is -2.25. The second-order valence-electron chi connectivity index (χ2n) is 6.98. The predicted octanol–water partition coefficient (Wildman–Crippen LogP) is 4.69. The van der Waals surface area contributed by atoms with Gasteiger partial charge in [-0.2, -0.15) is 5.10 Å². The Balaban J connectivity index is 1.37. The monoisotopic (exact) mass is 458 g/mol. The smallest absolute Gasteiger partial charge is 0.259 e. The zero-order valence-electron chi connectivity index (χ0n) is 16.9. The van der Waals surface area contributed by atoms with Crippen LogP contribution in [0.3, 0.4) is 0 Å². The molecule has 9 heteroatoms. The quantitative estimate of drug-likeness (QED) is 0.414. The summed E-state index contributed by atoms with van der Waals surface area (Å²) in [5.41, 5.74) is 7.05. The van der Waals surface area contributed by atoms with E-state index in [1.807, 2.05) is 42.7 Å². The highest BCUT2D eigenvalue weighted by atomic mass is 35.5. The van der Waals surface area contributed by atoms with Crippen LogP contribution in [0.25, 0.3) is 5.69 Å². The molecule has 0 saturated carbocycles. The Morgan fingerprint density at radius 3 is 2.71 bits per heavy atom. The second kappa shape index (κ2) is 8.91.